The molecule has 1 heterocycles. The normalized spacial score (nSPS) is 16.2. The Balaban J connectivity index is 1.49. The molecular formula is C27H25Cl3N2O3S. The van der Waals surface area contributed by atoms with Crippen molar-refractivity contribution < 1.29 is 14.3 Å². The van der Waals surface area contributed by atoms with Gasteiger partial charge in [-0.15, -0.1) is 0 Å². The fourth-order valence-corrected chi connectivity index (χ4v) is 5.14. The van der Waals surface area contributed by atoms with E-state index in [4.69, 9.17) is 44.3 Å². The van der Waals surface area contributed by atoms with E-state index < -0.39 is 0 Å². The van der Waals surface area contributed by atoms with E-state index in [1.807, 2.05) is 31.2 Å². The number of carbonyl (C=O) groups excluding carboxylic acids is 1. The quantitative estimate of drug-likeness (QED) is 0.260. The van der Waals surface area contributed by atoms with Crippen LogP contribution in [0.2, 0.25) is 15.1 Å². The van der Waals surface area contributed by atoms with Gasteiger partial charge in [-0.1, -0.05) is 71.7 Å². The Kier molecular flexibility index (Phi) is 8.96. The lowest BCUT2D eigenvalue weighted by Crippen LogP contribution is -2.30. The molecule has 3 aromatic rings. The molecule has 4 rings (SSSR count). The average molecular weight is 564 g/mol. The van der Waals surface area contributed by atoms with E-state index in [1.165, 1.54) is 17.3 Å². The number of hydrogen-bond acceptors (Lipinski definition) is 5. The Hall–Kier alpha value is -2.51. The van der Waals surface area contributed by atoms with E-state index in [0.717, 1.165) is 23.2 Å². The third kappa shape index (κ3) is 6.62. The zero-order chi connectivity index (χ0) is 25.7. The largest absolute Gasteiger partial charge is 0.490 e. The molecule has 5 nitrogen and oxygen atoms in total. The number of hydrogen-bond donors (Lipinski definition) is 2. The van der Waals surface area contributed by atoms with Gasteiger partial charge in [-0.25, -0.2) is 0 Å². The Labute approximate surface area is 230 Å². The minimum absolute atomic E-state index is 0.156. The van der Waals surface area contributed by atoms with Crippen LogP contribution in [0, 0.1) is 0 Å². The van der Waals surface area contributed by atoms with E-state index in [1.54, 1.807) is 24.3 Å². The van der Waals surface area contributed by atoms with Crippen molar-refractivity contribution in [2.45, 2.75) is 32.4 Å². The molecule has 0 aromatic heterocycles. The molecule has 9 heteroatoms. The summed E-state index contributed by atoms with van der Waals surface area (Å²) in [5, 5.41) is 7.59. The van der Waals surface area contributed by atoms with Crippen molar-refractivity contribution in [3.8, 4) is 11.5 Å². The van der Waals surface area contributed by atoms with E-state index in [2.05, 4.69) is 29.7 Å². The van der Waals surface area contributed by atoms with Crippen molar-refractivity contribution >= 4 is 64.2 Å². The van der Waals surface area contributed by atoms with Gasteiger partial charge in [0.1, 0.15) is 6.61 Å². The van der Waals surface area contributed by atoms with Gasteiger partial charge in [-0.3, -0.25) is 4.79 Å². The van der Waals surface area contributed by atoms with E-state index >= 15 is 0 Å². The fraction of sp³-hybridized carbons (Fsp3) is 0.222. The van der Waals surface area contributed by atoms with Crippen molar-refractivity contribution in [1.82, 2.24) is 5.32 Å². The van der Waals surface area contributed by atoms with Crippen LogP contribution in [0.4, 0.5) is 5.69 Å². The van der Waals surface area contributed by atoms with Crippen molar-refractivity contribution in [1.29, 1.82) is 0 Å². The van der Waals surface area contributed by atoms with Crippen LogP contribution in [-0.2, 0) is 17.8 Å². The van der Waals surface area contributed by atoms with Crippen LogP contribution in [0.3, 0.4) is 0 Å². The third-order valence-electron chi connectivity index (χ3n) is 5.39. The summed E-state index contributed by atoms with van der Waals surface area (Å²) >= 11 is 20.1. The Morgan fingerprint density at radius 2 is 1.69 bits per heavy atom. The highest BCUT2D eigenvalue weighted by Crippen LogP contribution is 2.39. The number of nitrogens with one attached hydrogen (secondary N) is 2. The topological polar surface area (TPSA) is 59.6 Å². The minimum atomic E-state index is -0.271. The molecule has 1 amide bonds. The van der Waals surface area contributed by atoms with Gasteiger partial charge in [0.15, 0.2) is 17.0 Å². The summed E-state index contributed by atoms with van der Waals surface area (Å²) < 4.78 is 11.8. The first-order valence-corrected chi connectivity index (χ1v) is 13.5. The second-order valence-electron chi connectivity index (χ2n) is 7.97. The smallest absolute Gasteiger partial charge is 0.260 e. The molecule has 1 aliphatic heterocycles. The number of ether oxygens (including phenoxy) is 2. The molecule has 0 bridgehead atoms. The first kappa shape index (κ1) is 26.6. The Morgan fingerprint density at radius 3 is 2.39 bits per heavy atom. The molecule has 1 atom stereocenters. The molecule has 3 aromatic carbocycles. The second-order valence-corrected chi connectivity index (χ2v) is 10.3. The molecule has 36 heavy (non-hydrogen) atoms. The van der Waals surface area contributed by atoms with Gasteiger partial charge in [0.05, 0.1) is 26.6 Å². The van der Waals surface area contributed by atoms with Crippen LogP contribution in [0.25, 0.3) is 6.08 Å². The van der Waals surface area contributed by atoms with Gasteiger partial charge in [0, 0.05) is 5.69 Å². The molecule has 1 saturated heterocycles. The monoisotopic (exact) mass is 562 g/mol. The number of aryl methyl sites for hydroxylation is 1. The summed E-state index contributed by atoms with van der Waals surface area (Å²) in [5.74, 6) is 0.757. The van der Waals surface area contributed by atoms with E-state index in [-0.39, 0.29) is 18.0 Å². The predicted octanol–water partition coefficient (Wildman–Crippen LogP) is 7.79. The van der Waals surface area contributed by atoms with E-state index in [9.17, 15) is 4.79 Å². The number of halogens is 3. The number of thioether (sulfide) groups is 1. The minimum Gasteiger partial charge on any atom is -0.490 e. The lowest BCUT2D eigenvalue weighted by molar-refractivity contribution is -0.116. The highest BCUT2D eigenvalue weighted by atomic mass is 35.5. The molecule has 188 valence electrons. The van der Waals surface area contributed by atoms with Crippen LogP contribution >= 0.6 is 46.6 Å². The molecule has 0 spiro atoms. The van der Waals surface area contributed by atoms with Crippen molar-refractivity contribution in [2.75, 3.05) is 11.9 Å². The number of rotatable bonds is 9. The molecule has 0 aliphatic carbocycles. The molecule has 0 saturated carbocycles. The van der Waals surface area contributed by atoms with Gasteiger partial charge < -0.3 is 20.1 Å². The molecule has 0 unspecified atom stereocenters. The SMILES string of the molecule is CCOc1cc(/C=C2\S[C@H](Nc3ccc(CC)cc3)NC2=O)cc(Cl)c1OCc1ccc(Cl)c(Cl)c1. The predicted molar refractivity (Wildman–Crippen MR) is 150 cm³/mol. The molecule has 1 fully saturated rings. The van der Waals surface area contributed by atoms with Gasteiger partial charge in [-0.2, -0.15) is 0 Å². The van der Waals surface area contributed by atoms with Crippen molar-refractivity contribution in [3.05, 3.63) is 91.3 Å². The van der Waals surface area contributed by atoms with E-state index in [0.29, 0.717) is 38.1 Å². The summed E-state index contributed by atoms with van der Waals surface area (Å²) in [4.78, 5) is 13.2. The highest BCUT2D eigenvalue weighted by molar-refractivity contribution is 8.05. The lowest BCUT2D eigenvalue weighted by Gasteiger charge is -2.15. The van der Waals surface area contributed by atoms with Crippen LogP contribution in [0.15, 0.2) is 59.5 Å². The lowest BCUT2D eigenvalue weighted by atomic mass is 10.1. The first-order chi connectivity index (χ1) is 17.4. The maximum Gasteiger partial charge on any atom is 0.260 e. The summed E-state index contributed by atoms with van der Waals surface area (Å²) in [7, 11) is 0. The standard InChI is InChI=1S/C27H25Cl3N2O3S/c1-3-16-5-8-19(9-6-16)31-27-32-26(33)24(36-27)14-18-12-22(30)25(23(13-18)34-4-2)35-15-17-7-10-20(28)21(29)11-17/h5-14,27,31H,3-4,15H2,1-2H3,(H,32,33)/b24-14-/t27-/m1/s1. The first-order valence-electron chi connectivity index (χ1n) is 11.4. The summed E-state index contributed by atoms with van der Waals surface area (Å²) in [5.41, 5.74) is 3.51. The van der Waals surface area contributed by atoms with Crippen LogP contribution in [0.5, 0.6) is 11.5 Å². The van der Waals surface area contributed by atoms with Crippen LogP contribution < -0.4 is 20.1 Å². The summed E-state index contributed by atoms with van der Waals surface area (Å²) in [6.45, 7) is 4.66. The van der Waals surface area contributed by atoms with Crippen molar-refractivity contribution in [3.63, 3.8) is 0 Å². The molecule has 2 N–H and O–H groups in total. The Bertz CT molecular complexity index is 1280. The highest BCUT2D eigenvalue weighted by Gasteiger charge is 2.27. The number of amides is 1. The zero-order valence-electron chi connectivity index (χ0n) is 19.7. The average Bonchev–Trinajstić information content (AvgIpc) is 3.19. The van der Waals surface area contributed by atoms with Gasteiger partial charge in [0.25, 0.3) is 5.91 Å². The van der Waals surface area contributed by atoms with Gasteiger partial charge in [-0.05, 0) is 72.5 Å². The van der Waals surface area contributed by atoms with Crippen LogP contribution in [0.1, 0.15) is 30.5 Å². The molecule has 0 radical (unpaired) electrons. The fourth-order valence-electron chi connectivity index (χ4n) is 3.56. The molecule has 1 aliphatic rings. The zero-order valence-corrected chi connectivity index (χ0v) is 22.8. The maximum absolute atomic E-state index is 12.6. The summed E-state index contributed by atoms with van der Waals surface area (Å²) in [6, 6.07) is 17.0. The third-order valence-corrected chi connectivity index (χ3v) is 7.44. The van der Waals surface area contributed by atoms with Crippen molar-refractivity contribution in [2.24, 2.45) is 0 Å². The number of carbonyl (C=O) groups is 1. The van der Waals surface area contributed by atoms with Gasteiger partial charge in [0.2, 0.25) is 0 Å². The van der Waals surface area contributed by atoms with Crippen LogP contribution in [-0.4, -0.2) is 18.0 Å². The maximum atomic E-state index is 12.6. The molecular weight excluding hydrogens is 539 g/mol. The number of anilines is 1. The number of benzene rings is 3. The van der Waals surface area contributed by atoms with Gasteiger partial charge >= 0.3 is 0 Å². The summed E-state index contributed by atoms with van der Waals surface area (Å²) in [6.07, 6.45) is 2.77. The second kappa shape index (κ2) is 12.2. The Morgan fingerprint density at radius 1 is 0.944 bits per heavy atom.